The number of halogens is 1. The molecule has 0 aliphatic carbocycles. The first-order valence-corrected chi connectivity index (χ1v) is 7.61. The number of nitrogens with zero attached hydrogens (tertiary/aromatic N) is 2. The third-order valence-electron chi connectivity index (χ3n) is 3.95. The molecule has 19 heavy (non-hydrogen) atoms. The highest BCUT2D eigenvalue weighted by Crippen LogP contribution is 2.28. The zero-order valence-corrected chi connectivity index (χ0v) is 13.0. The molecule has 0 radical (unpaired) electrons. The van der Waals surface area contributed by atoms with Crippen LogP contribution in [-0.2, 0) is 6.54 Å². The largest absolute Gasteiger partial charge is 0.326 e. The van der Waals surface area contributed by atoms with Crippen molar-refractivity contribution in [2.24, 2.45) is 5.92 Å². The summed E-state index contributed by atoms with van der Waals surface area (Å²) in [4.78, 5) is 4.73. The molecule has 0 N–H and O–H groups in total. The van der Waals surface area contributed by atoms with E-state index < -0.39 is 0 Å². The van der Waals surface area contributed by atoms with Gasteiger partial charge in [-0.3, -0.25) is 0 Å². The molecule has 2 nitrogen and oxygen atoms in total. The molecular weight excluding hydrogens is 256 g/mol. The Labute approximate surface area is 120 Å². The first kappa shape index (κ1) is 14.4. The van der Waals surface area contributed by atoms with Gasteiger partial charge < -0.3 is 4.57 Å². The molecule has 0 saturated carbocycles. The summed E-state index contributed by atoms with van der Waals surface area (Å²) in [7, 11) is 0. The SMILES string of the molecule is CCC(CC)Cn1c(C(C)Cl)nc2cccc(C)c21. The number of benzene rings is 1. The zero-order chi connectivity index (χ0) is 14.0. The molecule has 1 aromatic carbocycles. The predicted molar refractivity (Wildman–Crippen MR) is 82.8 cm³/mol. The highest BCUT2D eigenvalue weighted by molar-refractivity contribution is 6.20. The minimum atomic E-state index is -0.0545. The van der Waals surface area contributed by atoms with Crippen molar-refractivity contribution in [3.05, 3.63) is 29.6 Å². The van der Waals surface area contributed by atoms with Crippen molar-refractivity contribution in [2.75, 3.05) is 0 Å². The Morgan fingerprint density at radius 1 is 1.26 bits per heavy atom. The number of alkyl halides is 1. The lowest BCUT2D eigenvalue weighted by atomic mass is 10.0. The number of aromatic nitrogens is 2. The number of fused-ring (bicyclic) bond motifs is 1. The summed E-state index contributed by atoms with van der Waals surface area (Å²) < 4.78 is 2.33. The third-order valence-corrected chi connectivity index (χ3v) is 4.14. The Morgan fingerprint density at radius 2 is 1.95 bits per heavy atom. The maximum atomic E-state index is 6.32. The van der Waals surface area contributed by atoms with Crippen LogP contribution in [0.5, 0.6) is 0 Å². The fourth-order valence-electron chi connectivity index (χ4n) is 2.68. The Morgan fingerprint density at radius 3 is 2.53 bits per heavy atom. The fourth-order valence-corrected chi connectivity index (χ4v) is 2.84. The van der Waals surface area contributed by atoms with E-state index in [-0.39, 0.29) is 5.38 Å². The fraction of sp³-hybridized carbons (Fsp3) is 0.562. The summed E-state index contributed by atoms with van der Waals surface area (Å²) in [6.45, 7) is 9.67. The molecular formula is C16H23ClN2. The molecule has 0 amide bonds. The van der Waals surface area contributed by atoms with E-state index in [9.17, 15) is 0 Å². The normalized spacial score (nSPS) is 13.4. The minimum absolute atomic E-state index is 0.0545. The highest BCUT2D eigenvalue weighted by atomic mass is 35.5. The molecule has 3 heteroatoms. The lowest BCUT2D eigenvalue weighted by molar-refractivity contribution is 0.416. The lowest BCUT2D eigenvalue weighted by Gasteiger charge is -2.17. The zero-order valence-electron chi connectivity index (χ0n) is 12.3. The molecule has 1 atom stereocenters. The molecule has 1 heterocycles. The van der Waals surface area contributed by atoms with E-state index in [0.29, 0.717) is 5.92 Å². The molecule has 2 aromatic rings. The van der Waals surface area contributed by atoms with Gasteiger partial charge >= 0.3 is 0 Å². The summed E-state index contributed by atoms with van der Waals surface area (Å²) in [5.41, 5.74) is 3.59. The Bertz CT molecular complexity index is 553. The van der Waals surface area contributed by atoms with Crippen LogP contribution in [0.2, 0.25) is 0 Å². The second kappa shape index (κ2) is 5.96. The number of aryl methyl sites for hydroxylation is 1. The van der Waals surface area contributed by atoms with Crippen molar-refractivity contribution in [2.45, 2.75) is 52.5 Å². The Balaban J connectivity index is 2.57. The van der Waals surface area contributed by atoms with Crippen molar-refractivity contribution in [1.29, 1.82) is 0 Å². The van der Waals surface area contributed by atoms with Crippen molar-refractivity contribution in [3.63, 3.8) is 0 Å². The van der Waals surface area contributed by atoms with Crippen LogP contribution in [-0.4, -0.2) is 9.55 Å². The summed E-state index contributed by atoms with van der Waals surface area (Å²) in [6.07, 6.45) is 2.39. The molecule has 0 aliphatic heterocycles. The van der Waals surface area contributed by atoms with Crippen LogP contribution in [0.15, 0.2) is 18.2 Å². The predicted octanol–water partition coefficient (Wildman–Crippen LogP) is 5.08. The topological polar surface area (TPSA) is 17.8 Å². The average Bonchev–Trinajstić information content (AvgIpc) is 2.76. The molecule has 0 aliphatic rings. The summed E-state index contributed by atoms with van der Waals surface area (Å²) >= 11 is 6.32. The number of rotatable bonds is 5. The second-order valence-electron chi connectivity index (χ2n) is 5.32. The van der Waals surface area contributed by atoms with Crippen LogP contribution in [0.4, 0.5) is 0 Å². The molecule has 0 bridgehead atoms. The van der Waals surface area contributed by atoms with Gasteiger partial charge in [0.1, 0.15) is 5.82 Å². The number of imidazole rings is 1. The average molecular weight is 279 g/mol. The maximum Gasteiger partial charge on any atom is 0.127 e. The smallest absolute Gasteiger partial charge is 0.127 e. The Hall–Kier alpha value is -1.02. The van der Waals surface area contributed by atoms with Crippen LogP contribution in [0, 0.1) is 12.8 Å². The molecule has 0 spiro atoms. The monoisotopic (exact) mass is 278 g/mol. The number of hydrogen-bond acceptors (Lipinski definition) is 1. The maximum absolute atomic E-state index is 6.32. The van der Waals surface area contributed by atoms with Crippen molar-refractivity contribution < 1.29 is 0 Å². The van der Waals surface area contributed by atoms with Gasteiger partial charge in [0.25, 0.3) is 0 Å². The van der Waals surface area contributed by atoms with E-state index in [4.69, 9.17) is 16.6 Å². The minimum Gasteiger partial charge on any atom is -0.326 e. The number of para-hydroxylation sites is 1. The van der Waals surface area contributed by atoms with E-state index >= 15 is 0 Å². The van der Waals surface area contributed by atoms with E-state index in [0.717, 1.165) is 17.9 Å². The molecule has 2 rings (SSSR count). The van der Waals surface area contributed by atoms with E-state index in [1.165, 1.54) is 23.9 Å². The molecule has 1 aromatic heterocycles. The van der Waals surface area contributed by atoms with Gasteiger partial charge in [0, 0.05) is 6.54 Å². The molecule has 0 saturated heterocycles. The summed E-state index contributed by atoms with van der Waals surface area (Å²) in [5, 5.41) is -0.0545. The lowest BCUT2D eigenvalue weighted by Crippen LogP contribution is -2.13. The van der Waals surface area contributed by atoms with Gasteiger partial charge in [-0.05, 0) is 31.4 Å². The van der Waals surface area contributed by atoms with Gasteiger partial charge in [-0.2, -0.15) is 0 Å². The van der Waals surface area contributed by atoms with Gasteiger partial charge in [-0.15, -0.1) is 11.6 Å². The number of hydrogen-bond donors (Lipinski definition) is 0. The van der Waals surface area contributed by atoms with Crippen molar-refractivity contribution >= 4 is 22.6 Å². The van der Waals surface area contributed by atoms with Crippen LogP contribution in [0.1, 0.15) is 50.4 Å². The van der Waals surface area contributed by atoms with E-state index in [2.05, 4.69) is 43.5 Å². The van der Waals surface area contributed by atoms with Crippen LogP contribution in [0.3, 0.4) is 0 Å². The molecule has 1 unspecified atom stereocenters. The molecule has 0 fully saturated rings. The quantitative estimate of drug-likeness (QED) is 0.697. The van der Waals surface area contributed by atoms with Gasteiger partial charge in [0.15, 0.2) is 0 Å². The Kier molecular flexibility index (Phi) is 4.51. The van der Waals surface area contributed by atoms with Gasteiger partial charge in [0.2, 0.25) is 0 Å². The highest BCUT2D eigenvalue weighted by Gasteiger charge is 2.18. The first-order valence-electron chi connectivity index (χ1n) is 7.18. The summed E-state index contributed by atoms with van der Waals surface area (Å²) in [5.74, 6) is 1.68. The van der Waals surface area contributed by atoms with E-state index in [1.54, 1.807) is 0 Å². The van der Waals surface area contributed by atoms with E-state index in [1.807, 2.05) is 6.92 Å². The van der Waals surface area contributed by atoms with Crippen LogP contribution in [0.25, 0.3) is 11.0 Å². The van der Waals surface area contributed by atoms with Gasteiger partial charge in [-0.1, -0.05) is 38.8 Å². The van der Waals surface area contributed by atoms with Crippen molar-refractivity contribution in [3.8, 4) is 0 Å². The molecule has 104 valence electrons. The van der Waals surface area contributed by atoms with Crippen molar-refractivity contribution in [1.82, 2.24) is 9.55 Å². The third kappa shape index (κ3) is 2.79. The standard InChI is InChI=1S/C16H23ClN2/c1-5-13(6-2)10-19-15-11(3)8-7-9-14(15)18-16(19)12(4)17/h7-9,12-13H,5-6,10H2,1-4H3. The second-order valence-corrected chi connectivity index (χ2v) is 5.98. The van der Waals surface area contributed by atoms with Gasteiger partial charge in [-0.25, -0.2) is 4.98 Å². The van der Waals surface area contributed by atoms with Crippen LogP contribution >= 0.6 is 11.6 Å². The van der Waals surface area contributed by atoms with Crippen LogP contribution < -0.4 is 0 Å². The first-order chi connectivity index (χ1) is 9.08. The summed E-state index contributed by atoms with van der Waals surface area (Å²) in [6, 6.07) is 6.29. The van der Waals surface area contributed by atoms with Gasteiger partial charge in [0.05, 0.1) is 16.4 Å².